The van der Waals surface area contributed by atoms with Gasteiger partial charge >= 0.3 is 5.97 Å². The van der Waals surface area contributed by atoms with E-state index in [1.165, 1.54) is 0 Å². The molecular formula is C11H22N2O3. The molecule has 0 unspecified atom stereocenters. The predicted molar refractivity (Wildman–Crippen MR) is 62.3 cm³/mol. The molecule has 0 saturated carbocycles. The molecule has 0 saturated heterocycles. The summed E-state index contributed by atoms with van der Waals surface area (Å²) in [6, 6.07) is 0. The molecule has 0 aliphatic carbocycles. The summed E-state index contributed by atoms with van der Waals surface area (Å²) in [5.41, 5.74) is -0.345. The zero-order chi connectivity index (χ0) is 12.9. The zero-order valence-electron chi connectivity index (χ0n) is 10.8. The Morgan fingerprint density at radius 3 is 2.00 bits per heavy atom. The van der Waals surface area contributed by atoms with Crippen molar-refractivity contribution in [2.45, 2.75) is 32.7 Å². The molecule has 94 valence electrons. The first kappa shape index (κ1) is 14.9. The second-order valence-electron chi connectivity index (χ2n) is 5.10. The highest BCUT2D eigenvalue weighted by atomic mass is 16.4. The van der Waals surface area contributed by atoms with Crippen molar-refractivity contribution in [3.05, 3.63) is 0 Å². The van der Waals surface area contributed by atoms with Gasteiger partial charge in [0.05, 0.1) is 13.0 Å². The van der Waals surface area contributed by atoms with Gasteiger partial charge in [-0.05, 0) is 34.9 Å². The van der Waals surface area contributed by atoms with E-state index in [0.29, 0.717) is 6.54 Å². The number of likely N-dealkylation sites (N-methyl/N-ethyl adjacent to an activating group) is 1. The minimum atomic E-state index is -0.882. The fourth-order valence-corrected chi connectivity index (χ4v) is 1.40. The van der Waals surface area contributed by atoms with Crippen LogP contribution in [-0.2, 0) is 9.59 Å². The van der Waals surface area contributed by atoms with E-state index in [1.807, 2.05) is 34.9 Å². The maximum atomic E-state index is 11.9. The standard InChI is InChI=1S/C11H22N2O3/c1-11(2,3)13(7-6-10(15)16)9(14)8-12(4)5/h6-8H2,1-5H3,(H,15,16). The number of amides is 1. The molecule has 0 bridgehead atoms. The van der Waals surface area contributed by atoms with Gasteiger partial charge in [-0.15, -0.1) is 0 Å². The molecule has 0 aromatic rings. The molecule has 0 radical (unpaired) electrons. The summed E-state index contributed by atoms with van der Waals surface area (Å²) in [4.78, 5) is 25.8. The Kier molecular flexibility index (Phi) is 5.44. The summed E-state index contributed by atoms with van der Waals surface area (Å²) in [6.07, 6.45) is -0.0174. The van der Waals surface area contributed by atoms with Crippen LogP contribution in [0.4, 0.5) is 0 Å². The monoisotopic (exact) mass is 230 g/mol. The number of aliphatic carboxylic acids is 1. The number of carboxylic acids is 1. The fourth-order valence-electron chi connectivity index (χ4n) is 1.40. The molecule has 5 heteroatoms. The number of carbonyl (C=O) groups is 2. The van der Waals surface area contributed by atoms with Crippen LogP contribution in [0.25, 0.3) is 0 Å². The normalized spacial score (nSPS) is 11.6. The molecule has 0 atom stereocenters. The Hall–Kier alpha value is -1.10. The number of rotatable bonds is 5. The minimum Gasteiger partial charge on any atom is -0.481 e. The molecule has 1 amide bonds. The number of nitrogens with zero attached hydrogens (tertiary/aromatic N) is 2. The average Bonchev–Trinajstić information content (AvgIpc) is 1.98. The summed E-state index contributed by atoms with van der Waals surface area (Å²) < 4.78 is 0. The summed E-state index contributed by atoms with van der Waals surface area (Å²) >= 11 is 0. The van der Waals surface area contributed by atoms with Crippen LogP contribution >= 0.6 is 0 Å². The maximum Gasteiger partial charge on any atom is 0.305 e. The van der Waals surface area contributed by atoms with Gasteiger partial charge in [-0.2, -0.15) is 0 Å². The van der Waals surface area contributed by atoms with E-state index in [-0.39, 0.29) is 24.4 Å². The highest BCUT2D eigenvalue weighted by Gasteiger charge is 2.26. The molecule has 5 nitrogen and oxygen atoms in total. The first-order chi connectivity index (χ1) is 7.14. The van der Waals surface area contributed by atoms with Crippen LogP contribution in [0, 0.1) is 0 Å². The van der Waals surface area contributed by atoms with Crippen LogP contribution in [0.15, 0.2) is 0 Å². The van der Waals surface area contributed by atoms with Crippen molar-refractivity contribution in [1.29, 1.82) is 0 Å². The summed E-state index contributed by atoms with van der Waals surface area (Å²) in [5.74, 6) is -0.925. The Balaban J connectivity index is 4.55. The molecule has 0 aliphatic heterocycles. The highest BCUT2D eigenvalue weighted by Crippen LogP contribution is 2.14. The van der Waals surface area contributed by atoms with Gasteiger partial charge in [0.2, 0.25) is 5.91 Å². The molecule has 1 N–H and O–H groups in total. The second kappa shape index (κ2) is 5.84. The van der Waals surface area contributed by atoms with Gasteiger partial charge in [0, 0.05) is 12.1 Å². The quantitative estimate of drug-likeness (QED) is 0.753. The Morgan fingerprint density at radius 1 is 1.19 bits per heavy atom. The molecule has 0 rings (SSSR count). The lowest BCUT2D eigenvalue weighted by atomic mass is 10.1. The smallest absolute Gasteiger partial charge is 0.305 e. The summed E-state index contributed by atoms with van der Waals surface area (Å²) in [7, 11) is 3.63. The van der Waals surface area contributed by atoms with Gasteiger partial charge in [0.25, 0.3) is 0 Å². The van der Waals surface area contributed by atoms with Gasteiger partial charge < -0.3 is 14.9 Å². The fraction of sp³-hybridized carbons (Fsp3) is 0.818. The van der Waals surface area contributed by atoms with Gasteiger partial charge in [-0.1, -0.05) is 0 Å². The average molecular weight is 230 g/mol. The number of carboxylic acid groups (broad SMARTS) is 1. The molecule has 0 aromatic carbocycles. The van der Waals surface area contributed by atoms with Crippen molar-refractivity contribution in [1.82, 2.24) is 9.80 Å². The van der Waals surface area contributed by atoms with Crippen molar-refractivity contribution in [2.75, 3.05) is 27.2 Å². The van der Waals surface area contributed by atoms with Crippen molar-refractivity contribution in [2.24, 2.45) is 0 Å². The number of hydrogen-bond acceptors (Lipinski definition) is 3. The van der Waals surface area contributed by atoms with E-state index in [0.717, 1.165) is 0 Å². The van der Waals surface area contributed by atoms with Crippen molar-refractivity contribution in [3.8, 4) is 0 Å². The topological polar surface area (TPSA) is 60.9 Å². The number of carbonyl (C=O) groups excluding carboxylic acids is 1. The predicted octanol–water partition coefficient (Wildman–Crippen LogP) is 0.650. The van der Waals surface area contributed by atoms with Crippen LogP contribution in [0.2, 0.25) is 0 Å². The zero-order valence-corrected chi connectivity index (χ0v) is 10.8. The maximum absolute atomic E-state index is 11.9. The third-order valence-corrected chi connectivity index (χ3v) is 2.11. The first-order valence-corrected chi connectivity index (χ1v) is 5.31. The minimum absolute atomic E-state index is 0.0174. The molecule has 0 aliphatic rings. The van der Waals surface area contributed by atoms with Crippen LogP contribution in [0.1, 0.15) is 27.2 Å². The van der Waals surface area contributed by atoms with Crippen molar-refractivity contribution < 1.29 is 14.7 Å². The van der Waals surface area contributed by atoms with Crippen molar-refractivity contribution in [3.63, 3.8) is 0 Å². The summed E-state index contributed by atoms with van der Waals surface area (Å²) in [6.45, 7) is 6.27. The lowest BCUT2D eigenvalue weighted by Gasteiger charge is -2.36. The van der Waals surface area contributed by atoms with Gasteiger partial charge in [-0.3, -0.25) is 9.59 Å². The van der Waals surface area contributed by atoms with Crippen molar-refractivity contribution >= 4 is 11.9 Å². The molecule has 0 spiro atoms. The summed E-state index contributed by atoms with van der Waals surface area (Å²) in [5, 5.41) is 8.64. The van der Waals surface area contributed by atoms with E-state index in [9.17, 15) is 9.59 Å². The van der Waals surface area contributed by atoms with Gasteiger partial charge in [0.1, 0.15) is 0 Å². The number of hydrogen-bond donors (Lipinski definition) is 1. The van der Waals surface area contributed by atoms with E-state index in [1.54, 1.807) is 9.80 Å². The van der Waals surface area contributed by atoms with E-state index < -0.39 is 5.97 Å². The van der Waals surface area contributed by atoms with Crippen LogP contribution < -0.4 is 0 Å². The van der Waals surface area contributed by atoms with Crippen LogP contribution in [-0.4, -0.2) is 59.5 Å². The molecule has 0 fully saturated rings. The third-order valence-electron chi connectivity index (χ3n) is 2.11. The Labute approximate surface area is 97.0 Å². The van der Waals surface area contributed by atoms with E-state index >= 15 is 0 Å². The van der Waals surface area contributed by atoms with E-state index in [2.05, 4.69) is 0 Å². The highest BCUT2D eigenvalue weighted by molar-refractivity contribution is 5.79. The molecule has 16 heavy (non-hydrogen) atoms. The Bertz CT molecular complexity index is 256. The van der Waals surface area contributed by atoms with Gasteiger partial charge in [-0.25, -0.2) is 0 Å². The third kappa shape index (κ3) is 5.70. The molecular weight excluding hydrogens is 208 g/mol. The Morgan fingerprint density at radius 2 is 1.69 bits per heavy atom. The molecule has 0 aromatic heterocycles. The van der Waals surface area contributed by atoms with Crippen LogP contribution in [0.3, 0.4) is 0 Å². The van der Waals surface area contributed by atoms with E-state index in [4.69, 9.17) is 5.11 Å². The SMILES string of the molecule is CN(C)CC(=O)N(CCC(=O)O)C(C)(C)C. The largest absolute Gasteiger partial charge is 0.481 e. The lowest BCUT2D eigenvalue weighted by molar-refractivity contribution is -0.140. The van der Waals surface area contributed by atoms with Crippen LogP contribution in [0.5, 0.6) is 0 Å². The second-order valence-corrected chi connectivity index (χ2v) is 5.10. The first-order valence-electron chi connectivity index (χ1n) is 5.31. The lowest BCUT2D eigenvalue weighted by Crippen LogP contribution is -2.49. The molecule has 0 heterocycles. The van der Waals surface area contributed by atoms with Gasteiger partial charge in [0.15, 0.2) is 0 Å².